The van der Waals surface area contributed by atoms with Crippen molar-refractivity contribution in [1.29, 1.82) is 0 Å². The van der Waals surface area contributed by atoms with E-state index in [1.54, 1.807) is 0 Å². The molecular formula is C8H17NO5. The Labute approximate surface area is 82.0 Å². The fourth-order valence-electron chi connectivity index (χ4n) is 1.39. The fraction of sp³-hybridized carbons (Fsp3) is 0.875. The molecule has 84 valence electrons. The van der Waals surface area contributed by atoms with Crippen LogP contribution >= 0.6 is 0 Å². The molecule has 1 unspecified atom stereocenters. The lowest BCUT2D eigenvalue weighted by atomic mass is 9.82. The summed E-state index contributed by atoms with van der Waals surface area (Å²) in [7, 11) is 0. The smallest absolute Gasteiger partial charge is 0.225 e. The molecule has 0 aliphatic carbocycles. The largest absolute Gasteiger partial charge is 0.396 e. The Balaban J connectivity index is 4.65. The lowest BCUT2D eigenvalue weighted by Crippen LogP contribution is -2.48. The van der Waals surface area contributed by atoms with Crippen LogP contribution in [0.2, 0.25) is 0 Å². The van der Waals surface area contributed by atoms with Crippen LogP contribution in [0.5, 0.6) is 0 Å². The van der Waals surface area contributed by atoms with E-state index < -0.39 is 24.0 Å². The monoisotopic (exact) mass is 207 g/mol. The minimum absolute atomic E-state index is 0.109. The zero-order valence-electron chi connectivity index (χ0n) is 7.89. The van der Waals surface area contributed by atoms with Gasteiger partial charge in [0.25, 0.3) is 0 Å². The molecule has 14 heavy (non-hydrogen) atoms. The van der Waals surface area contributed by atoms with E-state index in [4.69, 9.17) is 21.1 Å². The van der Waals surface area contributed by atoms with Crippen LogP contribution in [-0.2, 0) is 4.79 Å². The summed E-state index contributed by atoms with van der Waals surface area (Å²) in [5.74, 6) is -2.02. The zero-order chi connectivity index (χ0) is 11.2. The molecule has 0 rings (SSSR count). The summed E-state index contributed by atoms with van der Waals surface area (Å²) in [5.41, 5.74) is 3.34. The van der Waals surface area contributed by atoms with Crippen molar-refractivity contribution in [3.63, 3.8) is 0 Å². The van der Waals surface area contributed by atoms with Crippen molar-refractivity contribution < 1.29 is 25.2 Å². The number of hydrogen-bond acceptors (Lipinski definition) is 5. The summed E-state index contributed by atoms with van der Waals surface area (Å²) < 4.78 is 0. The van der Waals surface area contributed by atoms with E-state index in [1.807, 2.05) is 0 Å². The molecule has 0 radical (unpaired) electrons. The molecule has 0 spiro atoms. The Morgan fingerprint density at radius 1 is 1.21 bits per heavy atom. The van der Waals surface area contributed by atoms with Crippen LogP contribution in [0.4, 0.5) is 0 Å². The van der Waals surface area contributed by atoms with Crippen LogP contribution in [-0.4, -0.2) is 51.8 Å². The van der Waals surface area contributed by atoms with Crippen LogP contribution in [0.15, 0.2) is 0 Å². The van der Waals surface area contributed by atoms with Gasteiger partial charge in [-0.2, -0.15) is 0 Å². The Kier molecular flexibility index (Phi) is 5.63. The Bertz CT molecular complexity index is 179. The molecule has 0 saturated heterocycles. The molecule has 6 nitrogen and oxygen atoms in total. The molecule has 0 heterocycles. The average molecular weight is 207 g/mol. The van der Waals surface area contributed by atoms with Gasteiger partial charge < -0.3 is 26.2 Å². The van der Waals surface area contributed by atoms with Gasteiger partial charge in [0.05, 0.1) is 18.1 Å². The van der Waals surface area contributed by atoms with Crippen molar-refractivity contribution in [2.75, 3.05) is 19.8 Å². The summed E-state index contributed by atoms with van der Waals surface area (Å²) >= 11 is 0. The fourth-order valence-corrected chi connectivity index (χ4v) is 1.39. The number of aliphatic hydroxyl groups excluding tert-OH is 3. The summed E-state index contributed by atoms with van der Waals surface area (Å²) in [4.78, 5) is 10.9. The number of primary amides is 1. The quantitative estimate of drug-likeness (QED) is 0.318. The minimum atomic E-state index is -1.63. The summed E-state index contributed by atoms with van der Waals surface area (Å²) in [5, 5.41) is 36.1. The topological polar surface area (TPSA) is 124 Å². The number of aliphatic hydroxyl groups is 4. The lowest BCUT2D eigenvalue weighted by molar-refractivity contribution is -0.137. The molecule has 6 N–H and O–H groups in total. The molecule has 0 aliphatic heterocycles. The van der Waals surface area contributed by atoms with E-state index in [-0.39, 0.29) is 26.1 Å². The second-order valence-corrected chi connectivity index (χ2v) is 3.19. The highest BCUT2D eigenvalue weighted by atomic mass is 16.3. The van der Waals surface area contributed by atoms with E-state index >= 15 is 0 Å². The molecule has 6 heteroatoms. The summed E-state index contributed by atoms with van der Waals surface area (Å²) in [6.07, 6.45) is -0.219. The predicted molar refractivity (Wildman–Crippen MR) is 48.1 cm³/mol. The number of rotatable bonds is 7. The molecule has 1 atom stereocenters. The van der Waals surface area contributed by atoms with Gasteiger partial charge in [0.2, 0.25) is 5.91 Å². The van der Waals surface area contributed by atoms with Gasteiger partial charge in [0.15, 0.2) is 0 Å². The van der Waals surface area contributed by atoms with Crippen molar-refractivity contribution in [1.82, 2.24) is 0 Å². The zero-order valence-corrected chi connectivity index (χ0v) is 7.89. The van der Waals surface area contributed by atoms with Crippen LogP contribution in [0, 0.1) is 5.92 Å². The van der Waals surface area contributed by atoms with Crippen molar-refractivity contribution in [2.24, 2.45) is 11.7 Å². The van der Waals surface area contributed by atoms with Gasteiger partial charge in [-0.05, 0) is 0 Å². The first-order valence-electron chi connectivity index (χ1n) is 4.36. The SMILES string of the molecule is NC(=O)C(CO)C(O)(CCO)CCO. The standard InChI is InChI=1S/C8H17NO5/c9-7(13)6(5-12)8(14,1-3-10)2-4-11/h6,10-12,14H,1-5H2,(H2,9,13). The van der Waals surface area contributed by atoms with Crippen molar-refractivity contribution in [3.05, 3.63) is 0 Å². The third-order valence-electron chi connectivity index (χ3n) is 2.26. The van der Waals surface area contributed by atoms with Crippen LogP contribution in [0.25, 0.3) is 0 Å². The van der Waals surface area contributed by atoms with Crippen molar-refractivity contribution >= 4 is 5.91 Å². The second kappa shape index (κ2) is 5.92. The van der Waals surface area contributed by atoms with Gasteiger partial charge in [-0.15, -0.1) is 0 Å². The van der Waals surface area contributed by atoms with Gasteiger partial charge in [-0.3, -0.25) is 4.79 Å². The van der Waals surface area contributed by atoms with E-state index in [1.165, 1.54) is 0 Å². The molecule has 0 aromatic carbocycles. The molecule has 1 amide bonds. The molecule has 0 aromatic rings. The highest BCUT2D eigenvalue weighted by Gasteiger charge is 2.39. The lowest BCUT2D eigenvalue weighted by Gasteiger charge is -2.32. The summed E-state index contributed by atoms with van der Waals surface area (Å²) in [6.45, 7) is -1.30. The number of carbonyl (C=O) groups is 1. The first-order valence-corrected chi connectivity index (χ1v) is 4.36. The maximum absolute atomic E-state index is 10.9. The van der Waals surface area contributed by atoms with E-state index in [2.05, 4.69) is 0 Å². The third kappa shape index (κ3) is 3.22. The Morgan fingerprint density at radius 3 is 1.86 bits per heavy atom. The second-order valence-electron chi connectivity index (χ2n) is 3.19. The Hall–Kier alpha value is -0.690. The highest BCUT2D eigenvalue weighted by molar-refractivity contribution is 5.78. The molecular weight excluding hydrogens is 190 g/mol. The first-order chi connectivity index (χ1) is 6.51. The highest BCUT2D eigenvalue weighted by Crippen LogP contribution is 2.24. The van der Waals surface area contributed by atoms with E-state index in [0.717, 1.165) is 0 Å². The molecule has 0 aromatic heterocycles. The number of hydrogen-bond donors (Lipinski definition) is 5. The third-order valence-corrected chi connectivity index (χ3v) is 2.26. The van der Waals surface area contributed by atoms with Gasteiger partial charge in [0, 0.05) is 26.1 Å². The van der Waals surface area contributed by atoms with Crippen LogP contribution < -0.4 is 5.73 Å². The number of nitrogens with two attached hydrogens (primary N) is 1. The van der Waals surface area contributed by atoms with E-state index in [9.17, 15) is 9.90 Å². The van der Waals surface area contributed by atoms with Gasteiger partial charge >= 0.3 is 0 Å². The Morgan fingerprint density at radius 2 is 1.64 bits per heavy atom. The predicted octanol–water partition coefficient (Wildman–Crippen LogP) is -2.42. The maximum atomic E-state index is 10.9. The number of amides is 1. The molecule has 0 bridgehead atoms. The van der Waals surface area contributed by atoms with Gasteiger partial charge in [-0.25, -0.2) is 0 Å². The first kappa shape index (κ1) is 13.3. The van der Waals surface area contributed by atoms with E-state index in [0.29, 0.717) is 0 Å². The normalized spacial score (nSPS) is 14.0. The number of carbonyl (C=O) groups excluding carboxylic acids is 1. The van der Waals surface area contributed by atoms with Crippen molar-refractivity contribution in [3.8, 4) is 0 Å². The maximum Gasteiger partial charge on any atom is 0.225 e. The van der Waals surface area contributed by atoms with Crippen LogP contribution in [0.1, 0.15) is 12.8 Å². The molecule has 0 fully saturated rings. The minimum Gasteiger partial charge on any atom is -0.396 e. The summed E-state index contributed by atoms with van der Waals surface area (Å²) in [6, 6.07) is 0. The van der Waals surface area contributed by atoms with Crippen LogP contribution in [0.3, 0.4) is 0 Å². The van der Waals surface area contributed by atoms with Crippen molar-refractivity contribution in [2.45, 2.75) is 18.4 Å². The molecule has 0 saturated carbocycles. The average Bonchev–Trinajstić information content (AvgIpc) is 2.04. The van der Waals surface area contributed by atoms with Gasteiger partial charge in [0.1, 0.15) is 0 Å². The molecule has 0 aliphatic rings. The van der Waals surface area contributed by atoms with Gasteiger partial charge in [-0.1, -0.05) is 0 Å².